The van der Waals surface area contributed by atoms with Crippen molar-refractivity contribution >= 4 is 17.8 Å². The van der Waals surface area contributed by atoms with Gasteiger partial charge in [-0.1, -0.05) is 105 Å². The van der Waals surface area contributed by atoms with Crippen molar-refractivity contribution in [2.24, 2.45) is 5.92 Å². The number of carbonyl (C=O) groups excluding carboxylic acids is 3. The Kier molecular flexibility index (Phi) is 10.5. The summed E-state index contributed by atoms with van der Waals surface area (Å²) in [7, 11) is 0. The summed E-state index contributed by atoms with van der Waals surface area (Å²) >= 11 is 0. The Morgan fingerprint density at radius 2 is 1.40 bits per heavy atom. The van der Waals surface area contributed by atoms with Crippen molar-refractivity contribution in [3.05, 3.63) is 108 Å². The van der Waals surface area contributed by atoms with Crippen LogP contribution in [0.15, 0.2) is 91.0 Å². The highest BCUT2D eigenvalue weighted by Crippen LogP contribution is 2.40. The van der Waals surface area contributed by atoms with Gasteiger partial charge in [0.2, 0.25) is 11.8 Å². The monoisotopic (exact) mass is 541 g/mol. The number of esters is 1. The second kappa shape index (κ2) is 14.4. The van der Waals surface area contributed by atoms with E-state index in [9.17, 15) is 14.4 Å². The number of carbonyl (C=O) groups is 3. The molecule has 0 spiro atoms. The van der Waals surface area contributed by atoms with Crippen LogP contribution in [0.3, 0.4) is 0 Å². The van der Waals surface area contributed by atoms with Gasteiger partial charge >= 0.3 is 5.97 Å². The van der Waals surface area contributed by atoms with Gasteiger partial charge in [-0.15, -0.1) is 0 Å². The van der Waals surface area contributed by atoms with Gasteiger partial charge < -0.3 is 20.7 Å². The molecule has 0 aliphatic heterocycles. The molecule has 210 valence electrons. The van der Waals surface area contributed by atoms with Gasteiger partial charge in [0, 0.05) is 18.4 Å². The largest absolute Gasteiger partial charge is 0.459 e. The number of rotatable bonds is 14. The predicted molar refractivity (Wildman–Crippen MR) is 155 cm³/mol. The molecule has 1 aliphatic carbocycles. The molecule has 7 nitrogen and oxygen atoms in total. The minimum Gasteiger partial charge on any atom is -0.459 e. The third kappa shape index (κ3) is 9.06. The maximum atomic E-state index is 13.5. The van der Waals surface area contributed by atoms with E-state index in [1.807, 2.05) is 92.7 Å². The van der Waals surface area contributed by atoms with Gasteiger partial charge in [-0.25, -0.2) is 4.79 Å². The zero-order valence-electron chi connectivity index (χ0n) is 23.2. The third-order valence-electron chi connectivity index (χ3n) is 7.01. The smallest absolute Gasteiger partial charge is 0.328 e. The molecule has 0 radical (unpaired) electrons. The van der Waals surface area contributed by atoms with Crippen molar-refractivity contribution in [2.45, 2.75) is 63.8 Å². The van der Waals surface area contributed by atoms with Crippen molar-refractivity contribution in [1.82, 2.24) is 16.0 Å². The second-order valence-corrected chi connectivity index (χ2v) is 10.8. The minimum atomic E-state index is -0.836. The Balaban J connectivity index is 1.36. The van der Waals surface area contributed by atoms with Gasteiger partial charge in [0.25, 0.3) is 0 Å². The fourth-order valence-electron chi connectivity index (χ4n) is 4.80. The van der Waals surface area contributed by atoms with Crippen LogP contribution in [0.1, 0.15) is 49.3 Å². The summed E-state index contributed by atoms with van der Waals surface area (Å²) in [6.07, 6.45) is 1.71. The number of amides is 2. The molecular formula is C33H39N3O4. The normalized spacial score (nSPS) is 17.5. The quantitative estimate of drug-likeness (QED) is 0.267. The lowest BCUT2D eigenvalue weighted by Crippen LogP contribution is -2.54. The summed E-state index contributed by atoms with van der Waals surface area (Å²) < 4.78 is 5.54. The van der Waals surface area contributed by atoms with Crippen LogP contribution in [-0.2, 0) is 32.1 Å². The number of hydrogen-bond acceptors (Lipinski definition) is 5. The standard InChI is InChI=1S/C33H39N3O4/c1-23(2)18-30(33(39)40-22-25-14-8-4-9-15-25)36-32(38)29(19-24-12-6-3-7-13-24)35-31(37)21-34-28-20-27(28)26-16-10-5-11-17-26/h3-17,23,27-30,34H,18-22H2,1-2H3,(H,35,37)(H,36,38)/t27-,28?,29?,30-/m1/s1. The molecule has 7 heteroatoms. The topological polar surface area (TPSA) is 96.5 Å². The van der Waals surface area contributed by atoms with Crippen LogP contribution in [0.5, 0.6) is 0 Å². The number of benzene rings is 3. The van der Waals surface area contributed by atoms with Gasteiger partial charge in [0.05, 0.1) is 6.54 Å². The molecule has 3 aromatic carbocycles. The average Bonchev–Trinajstić information content (AvgIpc) is 3.75. The molecule has 4 rings (SSSR count). The SMILES string of the molecule is CC(C)C[C@@H](NC(=O)C(Cc1ccccc1)NC(=O)CNC1C[C@@H]1c1ccccc1)C(=O)OCc1ccccc1. The summed E-state index contributed by atoms with van der Waals surface area (Å²) in [4.78, 5) is 39.4. The highest BCUT2D eigenvalue weighted by atomic mass is 16.5. The molecule has 0 saturated heterocycles. The summed E-state index contributed by atoms with van der Waals surface area (Å²) in [5.74, 6) is -0.610. The van der Waals surface area contributed by atoms with Crippen molar-refractivity contribution in [3.63, 3.8) is 0 Å². The number of nitrogens with one attached hydrogen (secondary N) is 3. The van der Waals surface area contributed by atoms with Crippen LogP contribution in [-0.4, -0.2) is 42.5 Å². The van der Waals surface area contributed by atoms with Crippen LogP contribution < -0.4 is 16.0 Å². The Labute approximate surface area is 236 Å². The summed E-state index contributed by atoms with van der Waals surface area (Å²) in [5.41, 5.74) is 3.05. The van der Waals surface area contributed by atoms with E-state index in [1.165, 1.54) is 5.56 Å². The molecule has 0 heterocycles. The van der Waals surface area contributed by atoms with E-state index in [1.54, 1.807) is 0 Å². The van der Waals surface area contributed by atoms with Crippen molar-refractivity contribution in [2.75, 3.05) is 6.54 Å². The molecule has 1 fully saturated rings. The van der Waals surface area contributed by atoms with Crippen LogP contribution in [0.2, 0.25) is 0 Å². The van der Waals surface area contributed by atoms with E-state index in [0.29, 0.717) is 18.8 Å². The van der Waals surface area contributed by atoms with Crippen LogP contribution in [0, 0.1) is 5.92 Å². The molecule has 40 heavy (non-hydrogen) atoms. The number of ether oxygens (including phenoxy) is 1. The first kappa shape index (κ1) is 29.0. The lowest BCUT2D eigenvalue weighted by molar-refractivity contribution is -0.149. The fraction of sp³-hybridized carbons (Fsp3) is 0.364. The first-order chi connectivity index (χ1) is 19.4. The molecule has 3 N–H and O–H groups in total. The van der Waals surface area contributed by atoms with Crippen molar-refractivity contribution < 1.29 is 19.1 Å². The minimum absolute atomic E-state index is 0.112. The first-order valence-electron chi connectivity index (χ1n) is 14.0. The molecule has 1 aliphatic rings. The van der Waals surface area contributed by atoms with E-state index in [4.69, 9.17) is 4.74 Å². The zero-order chi connectivity index (χ0) is 28.3. The van der Waals surface area contributed by atoms with Crippen LogP contribution in [0.4, 0.5) is 0 Å². The van der Waals surface area contributed by atoms with E-state index >= 15 is 0 Å². The van der Waals surface area contributed by atoms with E-state index in [0.717, 1.165) is 17.5 Å². The molecule has 2 amide bonds. The average molecular weight is 542 g/mol. The molecule has 3 aromatic rings. The van der Waals surface area contributed by atoms with Gasteiger partial charge in [-0.05, 0) is 35.4 Å². The Bertz CT molecular complexity index is 1230. The predicted octanol–water partition coefficient (Wildman–Crippen LogP) is 4.13. The fourth-order valence-corrected chi connectivity index (χ4v) is 4.80. The van der Waals surface area contributed by atoms with Gasteiger partial charge in [0.1, 0.15) is 18.7 Å². The van der Waals surface area contributed by atoms with Gasteiger partial charge in [-0.2, -0.15) is 0 Å². The Morgan fingerprint density at radius 3 is 2.02 bits per heavy atom. The van der Waals surface area contributed by atoms with Crippen LogP contribution >= 0.6 is 0 Å². The summed E-state index contributed by atoms with van der Waals surface area (Å²) in [6, 6.07) is 27.8. The molecule has 1 saturated carbocycles. The zero-order valence-corrected chi connectivity index (χ0v) is 23.2. The summed E-state index contributed by atoms with van der Waals surface area (Å²) in [6.45, 7) is 4.21. The highest BCUT2D eigenvalue weighted by Gasteiger charge is 2.38. The van der Waals surface area contributed by atoms with E-state index in [-0.39, 0.29) is 31.0 Å². The highest BCUT2D eigenvalue weighted by molar-refractivity contribution is 5.91. The van der Waals surface area contributed by atoms with Crippen LogP contribution in [0.25, 0.3) is 0 Å². The van der Waals surface area contributed by atoms with Gasteiger partial charge in [0.15, 0.2) is 0 Å². The maximum absolute atomic E-state index is 13.5. The molecule has 4 atom stereocenters. The second-order valence-electron chi connectivity index (χ2n) is 10.8. The Hall–Kier alpha value is -3.97. The van der Waals surface area contributed by atoms with Crippen molar-refractivity contribution in [1.29, 1.82) is 0 Å². The lowest BCUT2D eigenvalue weighted by Gasteiger charge is -2.24. The lowest BCUT2D eigenvalue weighted by atomic mass is 10.0. The first-order valence-corrected chi connectivity index (χ1v) is 14.0. The molecular weight excluding hydrogens is 502 g/mol. The van der Waals surface area contributed by atoms with Crippen molar-refractivity contribution in [3.8, 4) is 0 Å². The maximum Gasteiger partial charge on any atom is 0.328 e. The Morgan fingerprint density at radius 1 is 0.800 bits per heavy atom. The third-order valence-corrected chi connectivity index (χ3v) is 7.01. The number of hydrogen-bond donors (Lipinski definition) is 3. The molecule has 0 bridgehead atoms. The summed E-state index contributed by atoms with van der Waals surface area (Å²) in [5, 5.41) is 9.07. The molecule has 2 unspecified atom stereocenters. The van der Waals surface area contributed by atoms with E-state index in [2.05, 4.69) is 28.1 Å². The molecule has 0 aromatic heterocycles. The van der Waals surface area contributed by atoms with Gasteiger partial charge in [-0.3, -0.25) is 9.59 Å². The van der Waals surface area contributed by atoms with E-state index < -0.39 is 24.0 Å².